The first-order chi connectivity index (χ1) is 14.6. The molecule has 4 aromatic carbocycles. The van der Waals surface area contributed by atoms with Crippen LogP contribution in [0.1, 0.15) is 29.7 Å². The van der Waals surface area contributed by atoms with Crippen molar-refractivity contribution in [2.24, 2.45) is 0 Å². The summed E-state index contributed by atoms with van der Waals surface area (Å²) in [7, 11) is 0. The zero-order valence-electron chi connectivity index (χ0n) is 16.7. The topological polar surface area (TPSA) is 21.3 Å². The van der Waals surface area contributed by atoms with Crippen LogP contribution in [0.4, 0.5) is 0 Å². The van der Waals surface area contributed by atoms with Gasteiger partial charge < -0.3 is 10.1 Å². The lowest BCUT2D eigenvalue weighted by molar-refractivity contribution is 0.302. The Bertz CT molecular complexity index is 1140. The average molecular weight is 436 g/mol. The lowest BCUT2D eigenvalue weighted by Gasteiger charge is -2.19. The van der Waals surface area contributed by atoms with E-state index in [9.17, 15) is 0 Å². The van der Waals surface area contributed by atoms with E-state index >= 15 is 0 Å². The molecule has 0 heterocycles. The van der Waals surface area contributed by atoms with E-state index in [1.807, 2.05) is 24.3 Å². The predicted molar refractivity (Wildman–Crippen MR) is 126 cm³/mol. The summed E-state index contributed by atoms with van der Waals surface area (Å²) < 4.78 is 6.22. The molecule has 0 radical (unpaired) electrons. The molecule has 0 unspecified atom stereocenters. The van der Waals surface area contributed by atoms with Crippen molar-refractivity contribution in [1.29, 1.82) is 0 Å². The number of fused-ring (bicyclic) bond motifs is 1. The van der Waals surface area contributed by atoms with Crippen molar-refractivity contribution in [3.8, 4) is 5.75 Å². The number of ether oxygens (including phenoxy) is 1. The van der Waals surface area contributed by atoms with Crippen LogP contribution in [0.15, 0.2) is 84.9 Å². The molecule has 0 spiro atoms. The highest BCUT2D eigenvalue weighted by atomic mass is 35.5. The van der Waals surface area contributed by atoms with Gasteiger partial charge in [0.25, 0.3) is 0 Å². The van der Waals surface area contributed by atoms with Gasteiger partial charge in [0.05, 0.1) is 0 Å². The number of hydrogen-bond donors (Lipinski definition) is 1. The van der Waals surface area contributed by atoms with Crippen LogP contribution in [0.25, 0.3) is 10.8 Å². The summed E-state index contributed by atoms with van der Waals surface area (Å²) in [4.78, 5) is 0. The van der Waals surface area contributed by atoms with Crippen LogP contribution < -0.4 is 10.1 Å². The van der Waals surface area contributed by atoms with E-state index in [0.29, 0.717) is 23.2 Å². The van der Waals surface area contributed by atoms with Crippen LogP contribution in [0, 0.1) is 0 Å². The number of hydrogen-bond acceptors (Lipinski definition) is 2. The minimum Gasteiger partial charge on any atom is -0.488 e. The average Bonchev–Trinajstić information content (AvgIpc) is 2.77. The minimum atomic E-state index is 0.226. The summed E-state index contributed by atoms with van der Waals surface area (Å²) in [5.74, 6) is 0.854. The highest BCUT2D eigenvalue weighted by Gasteiger charge is 2.12. The smallest absolute Gasteiger partial charge is 0.124 e. The molecule has 0 aliphatic rings. The summed E-state index contributed by atoms with van der Waals surface area (Å²) in [5.41, 5.74) is 3.31. The van der Waals surface area contributed by atoms with Gasteiger partial charge >= 0.3 is 0 Å². The summed E-state index contributed by atoms with van der Waals surface area (Å²) in [6.07, 6.45) is 0. The Morgan fingerprint density at radius 2 is 1.63 bits per heavy atom. The number of nitrogens with one attached hydrogen (secondary N) is 1. The molecule has 0 fully saturated rings. The van der Waals surface area contributed by atoms with Crippen LogP contribution in [0.3, 0.4) is 0 Å². The zero-order valence-corrected chi connectivity index (χ0v) is 18.3. The fraction of sp³-hybridized carbons (Fsp3) is 0.154. The summed E-state index contributed by atoms with van der Waals surface area (Å²) in [5, 5.41) is 7.25. The molecular weight excluding hydrogens is 413 g/mol. The highest BCUT2D eigenvalue weighted by molar-refractivity contribution is 6.35. The first kappa shape index (κ1) is 20.7. The molecule has 4 aromatic rings. The van der Waals surface area contributed by atoms with E-state index in [1.165, 1.54) is 16.3 Å². The SMILES string of the molecule is C[C@H](NCc1c(OCc2ccc(Cl)cc2Cl)ccc2ccccc12)c1ccccc1. The number of benzene rings is 4. The Labute approximate surface area is 187 Å². The monoisotopic (exact) mass is 435 g/mol. The van der Waals surface area contributed by atoms with Crippen molar-refractivity contribution in [2.45, 2.75) is 26.1 Å². The Hall–Kier alpha value is -2.52. The van der Waals surface area contributed by atoms with Crippen molar-refractivity contribution in [1.82, 2.24) is 5.32 Å². The van der Waals surface area contributed by atoms with Crippen molar-refractivity contribution >= 4 is 34.0 Å². The molecule has 4 heteroatoms. The van der Waals surface area contributed by atoms with Gasteiger partial charge in [-0.25, -0.2) is 0 Å². The second kappa shape index (κ2) is 9.53. The van der Waals surface area contributed by atoms with E-state index in [2.05, 4.69) is 66.8 Å². The van der Waals surface area contributed by atoms with E-state index in [4.69, 9.17) is 27.9 Å². The molecule has 1 N–H and O–H groups in total. The van der Waals surface area contributed by atoms with Gasteiger partial charge in [-0.05, 0) is 41.5 Å². The maximum atomic E-state index is 6.32. The fourth-order valence-corrected chi connectivity index (χ4v) is 4.01. The third kappa shape index (κ3) is 4.79. The molecule has 0 aliphatic heterocycles. The minimum absolute atomic E-state index is 0.226. The Kier molecular flexibility index (Phi) is 6.59. The first-order valence-electron chi connectivity index (χ1n) is 9.97. The van der Waals surface area contributed by atoms with Crippen molar-refractivity contribution in [3.05, 3.63) is 112 Å². The number of halogens is 2. The molecule has 0 aliphatic carbocycles. The zero-order chi connectivity index (χ0) is 20.9. The lowest BCUT2D eigenvalue weighted by atomic mass is 10.0. The second-order valence-electron chi connectivity index (χ2n) is 7.30. The molecule has 2 nitrogen and oxygen atoms in total. The van der Waals surface area contributed by atoms with Gasteiger partial charge in [-0.1, -0.05) is 89.9 Å². The van der Waals surface area contributed by atoms with Gasteiger partial charge in [-0.2, -0.15) is 0 Å². The third-order valence-electron chi connectivity index (χ3n) is 5.28. The third-order valence-corrected chi connectivity index (χ3v) is 5.87. The molecule has 4 rings (SSSR count). The van der Waals surface area contributed by atoms with Crippen LogP contribution in [0.5, 0.6) is 5.75 Å². The van der Waals surface area contributed by atoms with Gasteiger partial charge in [-0.15, -0.1) is 0 Å². The standard InChI is InChI=1S/C26H23Cl2NO/c1-18(19-7-3-2-4-8-19)29-16-24-23-10-6-5-9-20(23)12-14-26(24)30-17-21-11-13-22(27)15-25(21)28/h2-15,18,29H,16-17H2,1H3/t18-/m0/s1. The normalized spacial score (nSPS) is 12.1. The molecule has 0 saturated heterocycles. The van der Waals surface area contributed by atoms with Gasteiger partial charge in [0.2, 0.25) is 0 Å². The van der Waals surface area contributed by atoms with E-state index in [1.54, 1.807) is 6.07 Å². The summed E-state index contributed by atoms with van der Waals surface area (Å²) in [6, 6.07) is 28.7. The van der Waals surface area contributed by atoms with E-state index in [0.717, 1.165) is 16.9 Å². The maximum absolute atomic E-state index is 6.32. The summed E-state index contributed by atoms with van der Waals surface area (Å²) >= 11 is 12.3. The van der Waals surface area contributed by atoms with E-state index < -0.39 is 0 Å². The van der Waals surface area contributed by atoms with Crippen LogP contribution >= 0.6 is 23.2 Å². The van der Waals surface area contributed by atoms with Crippen molar-refractivity contribution < 1.29 is 4.74 Å². The highest BCUT2D eigenvalue weighted by Crippen LogP contribution is 2.30. The molecule has 0 saturated carbocycles. The summed E-state index contributed by atoms with van der Waals surface area (Å²) in [6.45, 7) is 3.26. The molecule has 0 amide bonds. The first-order valence-corrected chi connectivity index (χ1v) is 10.7. The molecule has 1 atom stereocenters. The largest absolute Gasteiger partial charge is 0.488 e. The van der Waals surface area contributed by atoms with Gasteiger partial charge in [0.15, 0.2) is 0 Å². The maximum Gasteiger partial charge on any atom is 0.124 e. The van der Waals surface area contributed by atoms with Crippen LogP contribution in [-0.4, -0.2) is 0 Å². The Balaban J connectivity index is 1.59. The van der Waals surface area contributed by atoms with Gasteiger partial charge in [0.1, 0.15) is 12.4 Å². The van der Waals surface area contributed by atoms with Crippen molar-refractivity contribution in [2.75, 3.05) is 0 Å². The van der Waals surface area contributed by atoms with Gasteiger partial charge in [-0.3, -0.25) is 0 Å². The molecule has 30 heavy (non-hydrogen) atoms. The Morgan fingerprint density at radius 3 is 2.43 bits per heavy atom. The number of rotatable bonds is 7. The molecule has 0 aromatic heterocycles. The lowest BCUT2D eigenvalue weighted by Crippen LogP contribution is -2.18. The second-order valence-corrected chi connectivity index (χ2v) is 8.14. The Morgan fingerprint density at radius 1 is 0.867 bits per heavy atom. The molecular formula is C26H23Cl2NO. The quantitative estimate of drug-likeness (QED) is 0.323. The fourth-order valence-electron chi connectivity index (χ4n) is 3.54. The molecule has 0 bridgehead atoms. The molecule has 152 valence electrons. The van der Waals surface area contributed by atoms with E-state index in [-0.39, 0.29) is 6.04 Å². The van der Waals surface area contributed by atoms with Gasteiger partial charge in [0, 0.05) is 33.8 Å². The van der Waals surface area contributed by atoms with Crippen LogP contribution in [-0.2, 0) is 13.2 Å². The predicted octanol–water partition coefficient (Wildman–Crippen LogP) is 7.58. The van der Waals surface area contributed by atoms with Crippen molar-refractivity contribution in [3.63, 3.8) is 0 Å². The van der Waals surface area contributed by atoms with Crippen LogP contribution in [0.2, 0.25) is 10.0 Å².